The highest BCUT2D eigenvalue weighted by atomic mass is 16.5. The van der Waals surface area contributed by atoms with Gasteiger partial charge in [-0.15, -0.1) is 0 Å². The van der Waals surface area contributed by atoms with Crippen LogP contribution in [-0.4, -0.2) is 5.21 Å². The summed E-state index contributed by atoms with van der Waals surface area (Å²) in [6.45, 7) is 0. The molecule has 0 aliphatic heterocycles. The Bertz CT molecular complexity index is 454. The zero-order valence-corrected chi connectivity index (χ0v) is 8.88. The lowest BCUT2D eigenvalue weighted by molar-refractivity contribution is 0.257. The summed E-state index contributed by atoms with van der Waals surface area (Å²) in [5.41, 5.74) is 2.82. The first-order valence-corrected chi connectivity index (χ1v) is 5.13. The van der Waals surface area contributed by atoms with Crippen molar-refractivity contribution in [2.75, 3.05) is 5.17 Å². The number of rotatable bonds is 3. The summed E-state index contributed by atoms with van der Waals surface area (Å²) in [5.74, 6) is 5.36. The zero-order chi connectivity index (χ0) is 11.4. The van der Waals surface area contributed by atoms with Crippen LogP contribution in [0.3, 0.4) is 0 Å². The van der Waals surface area contributed by atoms with E-state index >= 15 is 0 Å². The third-order valence-corrected chi connectivity index (χ3v) is 2.48. The molecule has 16 heavy (non-hydrogen) atoms. The summed E-state index contributed by atoms with van der Waals surface area (Å²) in [6.07, 6.45) is 0.755. The molecule has 0 bridgehead atoms. The number of hydrogen-bond donors (Lipinski definition) is 2. The van der Waals surface area contributed by atoms with Crippen molar-refractivity contribution in [1.82, 2.24) is 0 Å². The number of nitrogens with zero attached hydrogens (tertiary/aromatic N) is 1. The van der Waals surface area contributed by atoms with Crippen LogP contribution < -0.4 is 11.0 Å². The Labute approximate surface area is 94.7 Å². The Kier molecular flexibility index (Phi) is 3.19. The van der Waals surface area contributed by atoms with E-state index in [-0.39, 0.29) is 0 Å². The van der Waals surface area contributed by atoms with Gasteiger partial charge in [-0.2, -0.15) is 5.17 Å². The number of para-hydroxylation sites is 1. The molecule has 2 aromatic rings. The van der Waals surface area contributed by atoms with Gasteiger partial charge in [-0.1, -0.05) is 48.5 Å². The molecule has 0 heterocycles. The number of hydrogen-bond acceptors (Lipinski definition) is 3. The van der Waals surface area contributed by atoms with Crippen LogP contribution in [-0.2, 0) is 6.42 Å². The van der Waals surface area contributed by atoms with Crippen molar-refractivity contribution in [3.05, 3.63) is 65.7 Å². The van der Waals surface area contributed by atoms with Crippen LogP contribution in [0.2, 0.25) is 0 Å². The van der Waals surface area contributed by atoms with E-state index in [1.165, 1.54) is 5.56 Å². The largest absolute Gasteiger partial charge is 0.273 e. The van der Waals surface area contributed by atoms with Crippen molar-refractivity contribution in [2.24, 2.45) is 5.84 Å². The summed E-state index contributed by atoms with van der Waals surface area (Å²) >= 11 is 0. The van der Waals surface area contributed by atoms with Crippen molar-refractivity contribution < 1.29 is 5.21 Å². The van der Waals surface area contributed by atoms with Crippen LogP contribution in [0.4, 0.5) is 5.69 Å². The van der Waals surface area contributed by atoms with Gasteiger partial charge in [0.1, 0.15) is 0 Å². The van der Waals surface area contributed by atoms with Gasteiger partial charge in [-0.05, 0) is 23.6 Å². The molecule has 2 rings (SSSR count). The molecule has 3 nitrogen and oxygen atoms in total. The van der Waals surface area contributed by atoms with Crippen molar-refractivity contribution >= 4 is 5.69 Å². The first-order chi connectivity index (χ1) is 7.77. The van der Waals surface area contributed by atoms with Gasteiger partial charge >= 0.3 is 0 Å². The predicted octanol–water partition coefficient (Wildman–Crippen LogP) is 2.35. The highest BCUT2D eigenvalue weighted by Gasteiger charge is 2.05. The monoisotopic (exact) mass is 214 g/mol. The van der Waals surface area contributed by atoms with Gasteiger partial charge in [-0.25, -0.2) is 5.84 Å². The minimum atomic E-state index is 0.631. The fourth-order valence-electron chi connectivity index (χ4n) is 1.70. The van der Waals surface area contributed by atoms with Gasteiger partial charge in [0.2, 0.25) is 0 Å². The molecule has 3 N–H and O–H groups in total. The standard InChI is InChI=1S/C13H14N2O/c14-15(16)13-9-5-4-8-12(13)10-11-6-2-1-3-7-11/h1-9,16H,10,14H2. The molecule has 0 saturated carbocycles. The first-order valence-electron chi connectivity index (χ1n) is 5.13. The van der Waals surface area contributed by atoms with E-state index in [0.29, 0.717) is 10.9 Å². The third-order valence-electron chi connectivity index (χ3n) is 2.48. The minimum Gasteiger partial charge on any atom is -0.273 e. The van der Waals surface area contributed by atoms with Crippen LogP contribution >= 0.6 is 0 Å². The molecular formula is C13H14N2O. The van der Waals surface area contributed by atoms with Crippen molar-refractivity contribution in [1.29, 1.82) is 0 Å². The van der Waals surface area contributed by atoms with Crippen molar-refractivity contribution in [3.63, 3.8) is 0 Å². The van der Waals surface area contributed by atoms with Crippen molar-refractivity contribution in [3.8, 4) is 0 Å². The molecule has 0 spiro atoms. The number of nitrogens with two attached hydrogens (primary N) is 1. The summed E-state index contributed by atoms with van der Waals surface area (Å²) in [6, 6.07) is 17.6. The zero-order valence-electron chi connectivity index (χ0n) is 8.88. The highest BCUT2D eigenvalue weighted by Crippen LogP contribution is 2.20. The third kappa shape index (κ3) is 2.39. The van der Waals surface area contributed by atoms with Gasteiger partial charge in [0.05, 0.1) is 5.69 Å². The fraction of sp³-hybridized carbons (Fsp3) is 0.0769. The number of anilines is 1. The quantitative estimate of drug-likeness (QED) is 0.609. The van der Waals surface area contributed by atoms with Crippen LogP contribution in [0.1, 0.15) is 11.1 Å². The summed E-state index contributed by atoms with van der Waals surface area (Å²) in [7, 11) is 0. The van der Waals surface area contributed by atoms with Gasteiger partial charge in [0, 0.05) is 0 Å². The van der Waals surface area contributed by atoms with E-state index in [1.807, 2.05) is 36.4 Å². The maximum absolute atomic E-state index is 9.29. The average Bonchev–Trinajstić information content (AvgIpc) is 2.31. The summed E-state index contributed by atoms with van der Waals surface area (Å²) < 4.78 is 0. The van der Waals surface area contributed by atoms with Gasteiger partial charge < -0.3 is 0 Å². The molecular weight excluding hydrogens is 200 g/mol. The summed E-state index contributed by atoms with van der Waals surface area (Å²) in [5, 5.41) is 9.96. The summed E-state index contributed by atoms with van der Waals surface area (Å²) in [4.78, 5) is 0. The molecule has 0 amide bonds. The molecule has 0 aromatic heterocycles. The Morgan fingerprint density at radius 1 is 0.938 bits per heavy atom. The second-order valence-corrected chi connectivity index (χ2v) is 3.64. The molecule has 0 unspecified atom stereocenters. The molecule has 82 valence electrons. The minimum absolute atomic E-state index is 0.631. The lowest BCUT2D eigenvalue weighted by Gasteiger charge is -2.14. The normalized spacial score (nSPS) is 10.1. The Morgan fingerprint density at radius 2 is 1.56 bits per heavy atom. The maximum atomic E-state index is 9.29. The highest BCUT2D eigenvalue weighted by molar-refractivity contribution is 5.52. The van der Waals surface area contributed by atoms with E-state index < -0.39 is 0 Å². The maximum Gasteiger partial charge on any atom is 0.0853 e. The van der Waals surface area contributed by atoms with Gasteiger partial charge in [0.15, 0.2) is 0 Å². The van der Waals surface area contributed by atoms with Crippen LogP contribution in [0.25, 0.3) is 0 Å². The Morgan fingerprint density at radius 3 is 2.25 bits per heavy atom. The van der Waals surface area contributed by atoms with Crippen LogP contribution in [0.15, 0.2) is 54.6 Å². The molecule has 0 aliphatic rings. The Hall–Kier alpha value is -1.84. The first kappa shape index (κ1) is 10.7. The molecule has 3 heteroatoms. The van der Waals surface area contributed by atoms with E-state index in [1.54, 1.807) is 6.07 Å². The van der Waals surface area contributed by atoms with Crippen LogP contribution in [0, 0.1) is 0 Å². The fourth-order valence-corrected chi connectivity index (χ4v) is 1.70. The number of benzene rings is 2. The number of hydrazine groups is 1. The lowest BCUT2D eigenvalue weighted by Crippen LogP contribution is -2.27. The molecule has 0 atom stereocenters. The molecule has 0 radical (unpaired) electrons. The molecule has 2 aromatic carbocycles. The average molecular weight is 214 g/mol. The second kappa shape index (κ2) is 4.79. The van der Waals surface area contributed by atoms with E-state index in [9.17, 15) is 5.21 Å². The predicted molar refractivity (Wildman–Crippen MR) is 64.1 cm³/mol. The van der Waals surface area contributed by atoms with Gasteiger partial charge in [0.25, 0.3) is 0 Å². The lowest BCUT2D eigenvalue weighted by atomic mass is 10.0. The van der Waals surface area contributed by atoms with Crippen LogP contribution in [0.5, 0.6) is 0 Å². The van der Waals surface area contributed by atoms with E-state index in [2.05, 4.69) is 12.1 Å². The van der Waals surface area contributed by atoms with Crippen molar-refractivity contribution in [2.45, 2.75) is 6.42 Å². The van der Waals surface area contributed by atoms with E-state index in [4.69, 9.17) is 5.84 Å². The Balaban J connectivity index is 2.28. The van der Waals surface area contributed by atoms with Gasteiger partial charge in [-0.3, -0.25) is 5.21 Å². The topological polar surface area (TPSA) is 49.5 Å². The molecule has 0 aliphatic carbocycles. The molecule has 0 fully saturated rings. The second-order valence-electron chi connectivity index (χ2n) is 3.64. The smallest absolute Gasteiger partial charge is 0.0853 e. The SMILES string of the molecule is NN(O)c1ccccc1Cc1ccccc1. The molecule has 0 saturated heterocycles. The van der Waals surface area contributed by atoms with E-state index in [0.717, 1.165) is 12.0 Å².